The molecule has 2 rings (SSSR count). The number of hydrogen-bond acceptors (Lipinski definition) is 5. The van der Waals surface area contributed by atoms with Crippen LogP contribution in [0.4, 0.5) is 0 Å². The van der Waals surface area contributed by atoms with Crippen molar-refractivity contribution in [1.29, 1.82) is 0 Å². The van der Waals surface area contributed by atoms with Gasteiger partial charge in [0.1, 0.15) is 16.8 Å². The van der Waals surface area contributed by atoms with Crippen molar-refractivity contribution in [3.63, 3.8) is 0 Å². The topological polar surface area (TPSA) is 66.7 Å². The zero-order valence-corrected chi connectivity index (χ0v) is 17.7. The maximum absolute atomic E-state index is 8.58. The van der Waals surface area contributed by atoms with Gasteiger partial charge in [-0.15, -0.1) is 5.16 Å². The zero-order valence-electron chi connectivity index (χ0n) is 14.7. The molecule has 7 heteroatoms. The standard InChI is InChI=1S/C18H22IN3O2S/c1-11-7-15(9-13-8-14(19)10-20-16(11)13)24-12(2)17(25)22-18(3,4)5-6-21-23/h6-10,12,23H,5H2,1-4H3,(H,22,25). The van der Waals surface area contributed by atoms with Crippen LogP contribution in [0.5, 0.6) is 5.75 Å². The first-order valence-electron chi connectivity index (χ1n) is 7.92. The first-order valence-corrected chi connectivity index (χ1v) is 9.41. The van der Waals surface area contributed by atoms with Gasteiger partial charge in [0.05, 0.1) is 5.52 Å². The number of oxime groups is 1. The van der Waals surface area contributed by atoms with Crippen LogP contribution in [0.1, 0.15) is 32.8 Å². The predicted molar refractivity (Wildman–Crippen MR) is 114 cm³/mol. The maximum atomic E-state index is 8.58. The van der Waals surface area contributed by atoms with Crippen molar-refractivity contribution in [2.45, 2.75) is 45.8 Å². The van der Waals surface area contributed by atoms with Gasteiger partial charge >= 0.3 is 0 Å². The van der Waals surface area contributed by atoms with E-state index in [-0.39, 0.29) is 11.6 Å². The summed E-state index contributed by atoms with van der Waals surface area (Å²) in [5.74, 6) is 0.764. The van der Waals surface area contributed by atoms with E-state index in [1.807, 2.05) is 46.0 Å². The Bertz CT molecular complexity index is 808. The fraction of sp³-hybridized carbons (Fsp3) is 0.389. The van der Waals surface area contributed by atoms with Crippen LogP contribution in [-0.2, 0) is 0 Å². The second kappa shape index (κ2) is 8.27. The molecule has 0 aliphatic rings. The third-order valence-electron chi connectivity index (χ3n) is 3.74. The monoisotopic (exact) mass is 471 g/mol. The number of pyridine rings is 1. The number of aromatic nitrogens is 1. The predicted octanol–water partition coefficient (Wildman–Crippen LogP) is 4.46. The van der Waals surface area contributed by atoms with E-state index in [4.69, 9.17) is 22.2 Å². The number of fused-ring (bicyclic) bond motifs is 1. The molecule has 0 amide bonds. The summed E-state index contributed by atoms with van der Waals surface area (Å²) in [4.78, 5) is 5.09. The molecule has 1 aromatic heterocycles. The fourth-order valence-electron chi connectivity index (χ4n) is 2.45. The average molecular weight is 471 g/mol. The van der Waals surface area contributed by atoms with Crippen LogP contribution in [0.3, 0.4) is 0 Å². The molecule has 1 atom stereocenters. The summed E-state index contributed by atoms with van der Waals surface area (Å²) in [6.07, 6.45) is 3.57. The van der Waals surface area contributed by atoms with Gasteiger partial charge in [0.25, 0.3) is 0 Å². The number of aryl methyl sites for hydroxylation is 1. The van der Waals surface area contributed by atoms with Crippen LogP contribution >= 0.6 is 34.8 Å². The van der Waals surface area contributed by atoms with Crippen molar-refractivity contribution in [1.82, 2.24) is 10.3 Å². The maximum Gasteiger partial charge on any atom is 0.146 e. The lowest BCUT2D eigenvalue weighted by molar-refractivity contribution is 0.280. The zero-order chi connectivity index (χ0) is 18.6. The Morgan fingerprint density at radius 3 is 2.88 bits per heavy atom. The highest BCUT2D eigenvalue weighted by atomic mass is 127. The van der Waals surface area contributed by atoms with Crippen molar-refractivity contribution in [2.75, 3.05) is 0 Å². The summed E-state index contributed by atoms with van der Waals surface area (Å²) < 4.78 is 7.12. The minimum absolute atomic E-state index is 0.284. The lowest BCUT2D eigenvalue weighted by atomic mass is 10.0. The molecule has 0 aliphatic heterocycles. The minimum Gasteiger partial charge on any atom is -0.484 e. The second-order valence-corrected chi connectivity index (χ2v) is 8.29. The van der Waals surface area contributed by atoms with Gasteiger partial charge in [0.15, 0.2) is 0 Å². The van der Waals surface area contributed by atoms with E-state index in [9.17, 15) is 0 Å². The third-order valence-corrected chi connectivity index (χ3v) is 4.76. The number of hydrogen-bond donors (Lipinski definition) is 2. The van der Waals surface area contributed by atoms with Crippen LogP contribution in [0.25, 0.3) is 10.9 Å². The molecule has 2 N–H and O–H groups in total. The summed E-state index contributed by atoms with van der Waals surface area (Å²) in [6, 6.07) is 6.05. The lowest BCUT2D eigenvalue weighted by Gasteiger charge is -2.28. The molecule has 25 heavy (non-hydrogen) atoms. The van der Waals surface area contributed by atoms with Gasteiger partial charge in [0.2, 0.25) is 0 Å². The average Bonchev–Trinajstić information content (AvgIpc) is 2.52. The van der Waals surface area contributed by atoms with Gasteiger partial charge < -0.3 is 15.3 Å². The molecule has 0 spiro atoms. The minimum atomic E-state index is -0.319. The van der Waals surface area contributed by atoms with E-state index in [1.54, 1.807) is 0 Å². The summed E-state index contributed by atoms with van der Waals surface area (Å²) in [6.45, 7) is 7.91. The molecule has 1 aromatic carbocycles. The number of nitrogens with one attached hydrogen (secondary N) is 1. The number of nitrogens with zero attached hydrogens (tertiary/aromatic N) is 2. The fourth-order valence-corrected chi connectivity index (χ4v) is 3.25. The van der Waals surface area contributed by atoms with Crippen molar-refractivity contribution >= 4 is 56.9 Å². The SMILES string of the molecule is Cc1cc(OC(C)C(=S)NC(C)(C)CC=NO)cc2cc(I)cnc12. The molecule has 1 unspecified atom stereocenters. The summed E-state index contributed by atoms with van der Waals surface area (Å²) >= 11 is 7.72. The third kappa shape index (κ3) is 5.50. The van der Waals surface area contributed by atoms with Crippen LogP contribution in [-0.4, -0.2) is 33.0 Å². The van der Waals surface area contributed by atoms with Gasteiger partial charge in [-0.2, -0.15) is 0 Å². The van der Waals surface area contributed by atoms with E-state index in [0.717, 1.165) is 25.8 Å². The van der Waals surface area contributed by atoms with E-state index < -0.39 is 0 Å². The molecule has 0 saturated carbocycles. The molecular formula is C18H22IN3O2S. The van der Waals surface area contributed by atoms with Gasteiger partial charge in [-0.3, -0.25) is 4.98 Å². The van der Waals surface area contributed by atoms with E-state index in [1.165, 1.54) is 6.21 Å². The van der Waals surface area contributed by atoms with Crippen LogP contribution < -0.4 is 10.1 Å². The quantitative estimate of drug-likeness (QED) is 0.214. The molecule has 0 aliphatic carbocycles. The Balaban J connectivity index is 2.13. The van der Waals surface area contributed by atoms with Crippen molar-refractivity contribution < 1.29 is 9.94 Å². The van der Waals surface area contributed by atoms with Gasteiger partial charge in [0, 0.05) is 33.3 Å². The molecule has 0 saturated heterocycles. The molecular weight excluding hydrogens is 449 g/mol. The largest absolute Gasteiger partial charge is 0.484 e. The van der Waals surface area contributed by atoms with Gasteiger partial charge in [-0.25, -0.2) is 0 Å². The Morgan fingerprint density at radius 1 is 1.48 bits per heavy atom. The van der Waals surface area contributed by atoms with E-state index in [0.29, 0.717) is 11.4 Å². The lowest BCUT2D eigenvalue weighted by Crippen LogP contribution is -2.47. The van der Waals surface area contributed by atoms with E-state index >= 15 is 0 Å². The highest BCUT2D eigenvalue weighted by Gasteiger charge is 2.21. The smallest absolute Gasteiger partial charge is 0.146 e. The molecule has 0 bridgehead atoms. The number of rotatable bonds is 6. The number of thiocarbonyl (C=S) groups is 1. The molecule has 1 heterocycles. The van der Waals surface area contributed by atoms with Gasteiger partial charge in [-0.1, -0.05) is 12.2 Å². The molecule has 0 radical (unpaired) electrons. The highest BCUT2D eigenvalue weighted by molar-refractivity contribution is 14.1. The van der Waals surface area contributed by atoms with Crippen molar-refractivity contribution in [3.05, 3.63) is 33.5 Å². The Hall–Kier alpha value is -1.48. The molecule has 0 fully saturated rings. The second-order valence-electron chi connectivity index (χ2n) is 6.60. The van der Waals surface area contributed by atoms with Gasteiger partial charge in [-0.05, 0) is 74.0 Å². The van der Waals surface area contributed by atoms with Crippen LogP contribution in [0, 0.1) is 10.5 Å². The number of ether oxygens (including phenoxy) is 1. The first kappa shape index (κ1) is 19.8. The summed E-state index contributed by atoms with van der Waals surface area (Å²) in [5, 5.41) is 15.9. The number of benzene rings is 1. The normalized spacial score (nSPS) is 13.2. The first-order chi connectivity index (χ1) is 11.7. The Morgan fingerprint density at radius 2 is 2.20 bits per heavy atom. The Labute approximate surface area is 167 Å². The summed E-state index contributed by atoms with van der Waals surface area (Å²) in [7, 11) is 0. The van der Waals surface area contributed by atoms with Crippen molar-refractivity contribution in [2.24, 2.45) is 5.16 Å². The Kier molecular flexibility index (Phi) is 6.56. The molecule has 5 nitrogen and oxygen atoms in total. The van der Waals surface area contributed by atoms with Crippen LogP contribution in [0.15, 0.2) is 29.6 Å². The molecule has 134 valence electrons. The van der Waals surface area contributed by atoms with Crippen LogP contribution in [0.2, 0.25) is 0 Å². The number of halogens is 1. The molecule has 2 aromatic rings. The summed E-state index contributed by atoms with van der Waals surface area (Å²) in [5.41, 5.74) is 1.72. The van der Waals surface area contributed by atoms with Crippen molar-refractivity contribution in [3.8, 4) is 5.75 Å². The van der Waals surface area contributed by atoms with E-state index in [2.05, 4.69) is 44.1 Å². The highest BCUT2D eigenvalue weighted by Crippen LogP contribution is 2.25.